The average molecular weight is 482 g/mol. The Morgan fingerprint density at radius 2 is 1.61 bits per heavy atom. The van der Waals surface area contributed by atoms with E-state index in [0.29, 0.717) is 11.5 Å². The second-order valence-electron chi connectivity index (χ2n) is 9.67. The number of nitriles is 1. The Hall–Kier alpha value is -3.67. The van der Waals surface area contributed by atoms with Gasteiger partial charge >= 0.3 is 0 Å². The number of aromatic nitrogens is 2. The molecule has 3 heterocycles. The van der Waals surface area contributed by atoms with Crippen LogP contribution in [0.1, 0.15) is 18.4 Å². The highest BCUT2D eigenvalue weighted by molar-refractivity contribution is 5.70. The Morgan fingerprint density at radius 1 is 0.861 bits per heavy atom. The minimum absolute atomic E-state index is 0.536. The molecule has 8 nitrogen and oxygen atoms in total. The summed E-state index contributed by atoms with van der Waals surface area (Å²) in [5.74, 6) is 0.536. The second-order valence-corrected chi connectivity index (χ2v) is 9.67. The van der Waals surface area contributed by atoms with Gasteiger partial charge in [-0.15, -0.1) is 0 Å². The summed E-state index contributed by atoms with van der Waals surface area (Å²) in [5, 5.41) is 13.0. The van der Waals surface area contributed by atoms with Gasteiger partial charge in [0.1, 0.15) is 0 Å². The Morgan fingerprint density at radius 3 is 2.33 bits per heavy atom. The minimum atomic E-state index is 0.536. The Labute approximate surface area is 212 Å². The summed E-state index contributed by atoms with van der Waals surface area (Å²) < 4.78 is 5.45. The van der Waals surface area contributed by atoms with Gasteiger partial charge in [0, 0.05) is 74.1 Å². The number of benzene rings is 2. The first-order chi connectivity index (χ1) is 17.7. The summed E-state index contributed by atoms with van der Waals surface area (Å²) in [6, 6.07) is 19.4. The van der Waals surface area contributed by atoms with Gasteiger partial charge in [0.05, 0.1) is 30.5 Å². The molecule has 3 aromatic rings. The van der Waals surface area contributed by atoms with Gasteiger partial charge in [-0.25, -0.2) is 9.97 Å². The molecule has 0 unspecified atom stereocenters. The van der Waals surface area contributed by atoms with Crippen LogP contribution in [-0.2, 0) is 4.74 Å². The third-order valence-corrected chi connectivity index (χ3v) is 7.24. The summed E-state index contributed by atoms with van der Waals surface area (Å²) in [6.45, 7) is 7.52. The third-order valence-electron chi connectivity index (χ3n) is 7.24. The first-order valence-corrected chi connectivity index (χ1v) is 12.8. The van der Waals surface area contributed by atoms with Crippen LogP contribution in [0.2, 0.25) is 0 Å². The lowest BCUT2D eigenvalue weighted by Crippen LogP contribution is -2.47. The highest BCUT2D eigenvalue weighted by Gasteiger charge is 2.31. The van der Waals surface area contributed by atoms with E-state index in [1.165, 1.54) is 18.5 Å². The molecular formula is C28H31N7O. The van der Waals surface area contributed by atoms with Gasteiger partial charge in [-0.2, -0.15) is 5.26 Å². The molecule has 2 aromatic carbocycles. The fourth-order valence-corrected chi connectivity index (χ4v) is 5.08. The number of ether oxygens (including phenoxy) is 1. The standard InChI is InChI=1S/C28H31N7O/c29-20-21-17-22(19-26(18-21)34-11-9-33(10-12-34)25-5-6-25)27-7-8-30-28(32-27)31-23-1-3-24(4-2-23)35-13-15-36-16-14-35/h1-4,7-8,17-19,25H,5-6,9-16H2,(H,30,31,32). The predicted octanol–water partition coefficient (Wildman–Crippen LogP) is 3.88. The zero-order valence-corrected chi connectivity index (χ0v) is 20.4. The number of rotatable bonds is 6. The van der Waals surface area contributed by atoms with Crippen molar-refractivity contribution >= 4 is 23.0 Å². The number of hydrogen-bond donors (Lipinski definition) is 1. The first-order valence-electron chi connectivity index (χ1n) is 12.8. The summed E-state index contributed by atoms with van der Waals surface area (Å²) in [7, 11) is 0. The van der Waals surface area contributed by atoms with Crippen molar-refractivity contribution in [3.63, 3.8) is 0 Å². The number of anilines is 4. The molecule has 0 radical (unpaired) electrons. The first kappa shape index (κ1) is 22.8. The third kappa shape index (κ3) is 5.13. The predicted molar refractivity (Wildman–Crippen MR) is 142 cm³/mol. The molecule has 0 amide bonds. The Balaban J connectivity index is 1.18. The molecule has 3 fully saturated rings. The van der Waals surface area contributed by atoms with Crippen molar-refractivity contribution in [1.82, 2.24) is 14.9 Å². The van der Waals surface area contributed by atoms with Crippen LogP contribution in [0.15, 0.2) is 54.7 Å². The number of nitrogens with zero attached hydrogens (tertiary/aromatic N) is 6. The van der Waals surface area contributed by atoms with E-state index in [0.717, 1.165) is 81.2 Å². The molecule has 2 aliphatic heterocycles. The number of nitrogens with one attached hydrogen (secondary N) is 1. The molecule has 1 aliphatic carbocycles. The van der Waals surface area contributed by atoms with Crippen LogP contribution in [0.5, 0.6) is 0 Å². The molecule has 6 rings (SSSR count). The lowest BCUT2D eigenvalue weighted by atomic mass is 10.1. The topological polar surface area (TPSA) is 80.5 Å². The molecule has 0 spiro atoms. The van der Waals surface area contributed by atoms with Gasteiger partial charge < -0.3 is 19.9 Å². The Bertz CT molecular complexity index is 1240. The van der Waals surface area contributed by atoms with Crippen LogP contribution in [-0.4, -0.2) is 73.4 Å². The lowest BCUT2D eigenvalue weighted by Gasteiger charge is -2.36. The molecule has 2 saturated heterocycles. The van der Waals surface area contributed by atoms with Gasteiger partial charge in [0.2, 0.25) is 5.95 Å². The van der Waals surface area contributed by atoms with E-state index in [-0.39, 0.29) is 0 Å². The van der Waals surface area contributed by atoms with Gasteiger partial charge in [-0.3, -0.25) is 4.90 Å². The SMILES string of the molecule is N#Cc1cc(-c2ccnc(Nc3ccc(N4CCOCC4)cc3)n2)cc(N2CCN(C3CC3)CC2)c1. The smallest absolute Gasteiger partial charge is 0.227 e. The van der Waals surface area contributed by atoms with Gasteiger partial charge in [0.15, 0.2) is 0 Å². The summed E-state index contributed by atoms with van der Waals surface area (Å²) in [4.78, 5) is 16.5. The highest BCUT2D eigenvalue weighted by Crippen LogP contribution is 2.31. The monoisotopic (exact) mass is 481 g/mol. The van der Waals surface area contributed by atoms with Crippen molar-refractivity contribution in [3.8, 4) is 17.3 Å². The van der Waals surface area contributed by atoms with Gasteiger partial charge in [-0.05, 0) is 61.4 Å². The largest absolute Gasteiger partial charge is 0.378 e. The van der Waals surface area contributed by atoms with Gasteiger partial charge in [-0.1, -0.05) is 0 Å². The minimum Gasteiger partial charge on any atom is -0.378 e. The fraction of sp³-hybridized carbons (Fsp3) is 0.393. The van der Waals surface area contributed by atoms with Crippen LogP contribution >= 0.6 is 0 Å². The summed E-state index contributed by atoms with van der Waals surface area (Å²) in [6.07, 6.45) is 4.45. The van der Waals surface area contributed by atoms with Crippen molar-refractivity contribution < 1.29 is 4.74 Å². The molecular weight excluding hydrogens is 450 g/mol. The molecule has 1 N–H and O–H groups in total. The molecule has 36 heavy (non-hydrogen) atoms. The van der Waals surface area contributed by atoms with E-state index in [4.69, 9.17) is 9.72 Å². The zero-order valence-electron chi connectivity index (χ0n) is 20.4. The summed E-state index contributed by atoms with van der Waals surface area (Å²) in [5.41, 5.74) is 5.60. The molecule has 3 aliphatic rings. The molecule has 8 heteroatoms. The van der Waals surface area contributed by atoms with E-state index in [9.17, 15) is 5.26 Å². The fourth-order valence-electron chi connectivity index (χ4n) is 5.08. The molecule has 1 aromatic heterocycles. The lowest BCUT2D eigenvalue weighted by molar-refractivity contribution is 0.122. The van der Waals surface area contributed by atoms with E-state index >= 15 is 0 Å². The maximum Gasteiger partial charge on any atom is 0.227 e. The molecule has 0 atom stereocenters. The number of piperazine rings is 1. The van der Waals surface area contributed by atoms with Crippen molar-refractivity contribution in [1.29, 1.82) is 5.26 Å². The van der Waals surface area contributed by atoms with Crippen LogP contribution in [0.4, 0.5) is 23.0 Å². The number of morpholine rings is 1. The number of hydrogen-bond acceptors (Lipinski definition) is 8. The van der Waals surface area contributed by atoms with Crippen molar-refractivity contribution in [3.05, 3.63) is 60.3 Å². The molecule has 0 bridgehead atoms. The highest BCUT2D eigenvalue weighted by atomic mass is 16.5. The van der Waals surface area contributed by atoms with Gasteiger partial charge in [0.25, 0.3) is 0 Å². The van der Waals surface area contributed by atoms with E-state index in [1.54, 1.807) is 6.20 Å². The van der Waals surface area contributed by atoms with Crippen molar-refractivity contribution in [2.24, 2.45) is 0 Å². The second kappa shape index (κ2) is 10.1. The van der Waals surface area contributed by atoms with Crippen LogP contribution < -0.4 is 15.1 Å². The quantitative estimate of drug-likeness (QED) is 0.568. The zero-order chi connectivity index (χ0) is 24.3. The van der Waals surface area contributed by atoms with E-state index < -0.39 is 0 Å². The molecule has 1 saturated carbocycles. The summed E-state index contributed by atoms with van der Waals surface area (Å²) >= 11 is 0. The normalized spacial score (nSPS) is 18.6. The van der Waals surface area contributed by atoms with Crippen LogP contribution in [0.3, 0.4) is 0 Å². The maximum absolute atomic E-state index is 9.69. The maximum atomic E-state index is 9.69. The Kier molecular flexibility index (Phi) is 6.41. The van der Waals surface area contributed by atoms with Crippen LogP contribution in [0, 0.1) is 11.3 Å². The van der Waals surface area contributed by atoms with E-state index in [2.05, 4.69) is 61.4 Å². The van der Waals surface area contributed by atoms with Crippen molar-refractivity contribution in [2.75, 3.05) is 67.6 Å². The van der Waals surface area contributed by atoms with Crippen LogP contribution in [0.25, 0.3) is 11.3 Å². The van der Waals surface area contributed by atoms with Crippen molar-refractivity contribution in [2.45, 2.75) is 18.9 Å². The van der Waals surface area contributed by atoms with E-state index in [1.807, 2.05) is 18.2 Å². The molecule has 184 valence electrons. The average Bonchev–Trinajstić information content (AvgIpc) is 3.80.